The van der Waals surface area contributed by atoms with E-state index < -0.39 is 0 Å². The van der Waals surface area contributed by atoms with E-state index in [9.17, 15) is 4.79 Å². The first-order valence-corrected chi connectivity index (χ1v) is 6.30. The number of rotatable bonds is 3. The van der Waals surface area contributed by atoms with Crippen LogP contribution in [0, 0.1) is 25.2 Å². The van der Waals surface area contributed by atoms with Crippen molar-refractivity contribution in [1.82, 2.24) is 10.3 Å². The maximum Gasteiger partial charge on any atom is 0.251 e. The van der Waals surface area contributed by atoms with E-state index in [0.717, 1.165) is 16.7 Å². The van der Waals surface area contributed by atoms with E-state index in [-0.39, 0.29) is 11.6 Å². The largest absolute Gasteiger partial charge is 0.348 e. The van der Waals surface area contributed by atoms with Crippen molar-refractivity contribution in [2.75, 3.05) is 0 Å². The second kappa shape index (κ2) is 5.98. The standard InChI is InChI=1S/C16H15N3O/c1-11-3-4-12(2)14(7-11)10-19-16(20)13-5-6-18-15(8-13)9-17/h3-8H,10H2,1-2H3,(H,19,20). The number of aryl methyl sites for hydroxylation is 2. The molecule has 0 bridgehead atoms. The van der Waals surface area contributed by atoms with Gasteiger partial charge in [-0.1, -0.05) is 23.8 Å². The van der Waals surface area contributed by atoms with Crippen LogP contribution in [0.1, 0.15) is 32.7 Å². The van der Waals surface area contributed by atoms with Crippen molar-refractivity contribution in [1.29, 1.82) is 5.26 Å². The van der Waals surface area contributed by atoms with Crippen LogP contribution < -0.4 is 5.32 Å². The number of pyridine rings is 1. The quantitative estimate of drug-likeness (QED) is 0.927. The molecule has 100 valence electrons. The number of carbonyl (C=O) groups excluding carboxylic acids is 1. The van der Waals surface area contributed by atoms with Gasteiger partial charge in [0.1, 0.15) is 11.8 Å². The Hall–Kier alpha value is -2.67. The fourth-order valence-electron chi connectivity index (χ4n) is 1.90. The maximum absolute atomic E-state index is 12.0. The number of amides is 1. The SMILES string of the molecule is Cc1ccc(C)c(CNC(=O)c2ccnc(C#N)c2)c1. The lowest BCUT2D eigenvalue weighted by Gasteiger charge is -2.09. The second-order valence-electron chi connectivity index (χ2n) is 4.65. The molecule has 0 spiro atoms. The molecule has 0 aliphatic carbocycles. The summed E-state index contributed by atoms with van der Waals surface area (Å²) in [6, 6.07) is 11.1. The third-order valence-electron chi connectivity index (χ3n) is 3.08. The zero-order valence-electron chi connectivity index (χ0n) is 11.5. The van der Waals surface area contributed by atoms with Gasteiger partial charge in [-0.3, -0.25) is 4.79 Å². The Bertz CT molecular complexity index is 686. The van der Waals surface area contributed by atoms with Gasteiger partial charge in [0.2, 0.25) is 0 Å². The molecule has 4 heteroatoms. The van der Waals surface area contributed by atoms with Gasteiger partial charge >= 0.3 is 0 Å². The summed E-state index contributed by atoms with van der Waals surface area (Å²) in [4.78, 5) is 15.9. The van der Waals surface area contributed by atoms with Crippen LogP contribution >= 0.6 is 0 Å². The maximum atomic E-state index is 12.0. The molecule has 0 atom stereocenters. The molecule has 0 unspecified atom stereocenters. The van der Waals surface area contributed by atoms with Gasteiger partial charge in [-0.15, -0.1) is 0 Å². The van der Waals surface area contributed by atoms with Gasteiger partial charge < -0.3 is 5.32 Å². The molecule has 1 N–H and O–H groups in total. The van der Waals surface area contributed by atoms with Crippen molar-refractivity contribution >= 4 is 5.91 Å². The van der Waals surface area contributed by atoms with Crippen molar-refractivity contribution < 1.29 is 4.79 Å². The summed E-state index contributed by atoms with van der Waals surface area (Å²) >= 11 is 0. The van der Waals surface area contributed by atoms with Crippen LogP contribution in [-0.2, 0) is 6.54 Å². The smallest absolute Gasteiger partial charge is 0.251 e. The Labute approximate surface area is 118 Å². The van der Waals surface area contributed by atoms with Gasteiger partial charge in [0.05, 0.1) is 0 Å². The summed E-state index contributed by atoms with van der Waals surface area (Å²) in [5.41, 5.74) is 4.08. The van der Waals surface area contributed by atoms with E-state index in [0.29, 0.717) is 12.1 Å². The lowest BCUT2D eigenvalue weighted by Crippen LogP contribution is -2.23. The first kappa shape index (κ1) is 13.8. The normalized spacial score (nSPS) is 9.85. The molecular formula is C16H15N3O. The molecule has 0 saturated carbocycles. The van der Waals surface area contributed by atoms with Gasteiger partial charge in [-0.05, 0) is 37.1 Å². The third-order valence-corrected chi connectivity index (χ3v) is 3.08. The fourth-order valence-corrected chi connectivity index (χ4v) is 1.90. The van der Waals surface area contributed by atoms with E-state index in [1.165, 1.54) is 12.3 Å². The first-order valence-electron chi connectivity index (χ1n) is 6.30. The molecule has 0 radical (unpaired) electrons. The fraction of sp³-hybridized carbons (Fsp3) is 0.188. The third kappa shape index (κ3) is 3.21. The molecule has 1 aromatic heterocycles. The van der Waals surface area contributed by atoms with Crippen molar-refractivity contribution in [3.05, 3.63) is 64.5 Å². The molecule has 1 aromatic carbocycles. The minimum Gasteiger partial charge on any atom is -0.348 e. The molecule has 4 nitrogen and oxygen atoms in total. The number of aromatic nitrogens is 1. The number of nitrogens with one attached hydrogen (secondary N) is 1. The van der Waals surface area contributed by atoms with Crippen LogP contribution in [0.3, 0.4) is 0 Å². The van der Waals surface area contributed by atoms with Crippen LogP contribution in [0.5, 0.6) is 0 Å². The Morgan fingerprint density at radius 3 is 2.85 bits per heavy atom. The van der Waals surface area contributed by atoms with E-state index in [1.807, 2.05) is 32.0 Å². The Balaban J connectivity index is 2.09. The Kier molecular flexibility index (Phi) is 4.11. The molecule has 0 aliphatic rings. The molecule has 2 aromatic rings. The van der Waals surface area contributed by atoms with Crippen LogP contribution in [0.4, 0.5) is 0 Å². The topological polar surface area (TPSA) is 65.8 Å². The average Bonchev–Trinajstić information content (AvgIpc) is 2.48. The second-order valence-corrected chi connectivity index (χ2v) is 4.65. The van der Waals surface area contributed by atoms with E-state index in [4.69, 9.17) is 5.26 Å². The predicted molar refractivity (Wildman–Crippen MR) is 76.0 cm³/mol. The molecule has 0 fully saturated rings. The summed E-state index contributed by atoms with van der Waals surface area (Å²) in [5, 5.41) is 11.6. The molecule has 20 heavy (non-hydrogen) atoms. The summed E-state index contributed by atoms with van der Waals surface area (Å²) in [5.74, 6) is -0.204. The number of hydrogen-bond acceptors (Lipinski definition) is 3. The number of hydrogen-bond donors (Lipinski definition) is 1. The van der Waals surface area contributed by atoms with Crippen LogP contribution in [0.2, 0.25) is 0 Å². The highest BCUT2D eigenvalue weighted by Gasteiger charge is 2.07. The summed E-state index contributed by atoms with van der Waals surface area (Å²) < 4.78 is 0. The summed E-state index contributed by atoms with van der Waals surface area (Å²) in [6.07, 6.45) is 1.46. The first-order chi connectivity index (χ1) is 9.60. The molecular weight excluding hydrogens is 250 g/mol. The highest BCUT2D eigenvalue weighted by Crippen LogP contribution is 2.10. The molecule has 0 saturated heterocycles. The van der Waals surface area contributed by atoms with Gasteiger partial charge in [-0.25, -0.2) is 4.98 Å². The zero-order chi connectivity index (χ0) is 14.5. The lowest BCUT2D eigenvalue weighted by atomic mass is 10.1. The molecule has 0 aliphatic heterocycles. The van der Waals surface area contributed by atoms with Gasteiger partial charge in [0.15, 0.2) is 0 Å². The number of nitrogens with zero attached hydrogens (tertiary/aromatic N) is 2. The van der Waals surface area contributed by atoms with Crippen molar-refractivity contribution in [2.45, 2.75) is 20.4 Å². The zero-order valence-corrected chi connectivity index (χ0v) is 11.5. The predicted octanol–water partition coefficient (Wildman–Crippen LogP) is 2.50. The Morgan fingerprint density at radius 1 is 1.30 bits per heavy atom. The number of nitriles is 1. The molecule has 2 rings (SSSR count). The molecule has 1 amide bonds. The van der Waals surface area contributed by atoms with Crippen molar-refractivity contribution in [3.8, 4) is 6.07 Å². The van der Waals surface area contributed by atoms with Gasteiger partial charge in [0.25, 0.3) is 5.91 Å². The monoisotopic (exact) mass is 265 g/mol. The number of benzene rings is 1. The van der Waals surface area contributed by atoms with E-state index >= 15 is 0 Å². The average molecular weight is 265 g/mol. The summed E-state index contributed by atoms with van der Waals surface area (Å²) in [6.45, 7) is 4.50. The van der Waals surface area contributed by atoms with E-state index in [1.54, 1.807) is 6.07 Å². The van der Waals surface area contributed by atoms with Crippen LogP contribution in [0.15, 0.2) is 36.5 Å². The van der Waals surface area contributed by atoms with Gasteiger partial charge in [0, 0.05) is 18.3 Å². The van der Waals surface area contributed by atoms with Crippen LogP contribution in [0.25, 0.3) is 0 Å². The highest BCUT2D eigenvalue weighted by atomic mass is 16.1. The van der Waals surface area contributed by atoms with Crippen molar-refractivity contribution in [2.24, 2.45) is 0 Å². The number of carbonyl (C=O) groups is 1. The van der Waals surface area contributed by atoms with Gasteiger partial charge in [-0.2, -0.15) is 5.26 Å². The van der Waals surface area contributed by atoms with E-state index in [2.05, 4.69) is 16.4 Å². The highest BCUT2D eigenvalue weighted by molar-refractivity contribution is 5.94. The van der Waals surface area contributed by atoms with Crippen LogP contribution in [-0.4, -0.2) is 10.9 Å². The molecule has 1 heterocycles. The Morgan fingerprint density at radius 2 is 2.10 bits per heavy atom. The summed E-state index contributed by atoms with van der Waals surface area (Å²) in [7, 11) is 0. The van der Waals surface area contributed by atoms with Crippen molar-refractivity contribution in [3.63, 3.8) is 0 Å². The minimum absolute atomic E-state index is 0.204. The lowest BCUT2D eigenvalue weighted by molar-refractivity contribution is 0.0950. The minimum atomic E-state index is -0.204.